The van der Waals surface area contributed by atoms with Gasteiger partial charge in [-0.15, -0.1) is 22.5 Å². The molecular formula is C24H29FN2O5S2. The Morgan fingerprint density at radius 1 is 1.24 bits per heavy atom. The van der Waals surface area contributed by atoms with Crippen molar-refractivity contribution in [3.8, 4) is 5.75 Å². The first-order valence-corrected chi connectivity index (χ1v) is 13.8. The molecule has 34 heavy (non-hydrogen) atoms. The van der Waals surface area contributed by atoms with Gasteiger partial charge in [-0.1, -0.05) is 31.0 Å². The van der Waals surface area contributed by atoms with Gasteiger partial charge in [-0.25, -0.2) is 9.10 Å². The Morgan fingerprint density at radius 3 is 2.56 bits per heavy atom. The summed E-state index contributed by atoms with van der Waals surface area (Å²) in [5, 5.41) is 8.80. The Hall–Kier alpha value is -2.24. The number of nitrogens with zero attached hydrogens (tertiary/aromatic N) is 2. The van der Waals surface area contributed by atoms with Gasteiger partial charge >= 0.3 is 5.97 Å². The van der Waals surface area contributed by atoms with Crippen molar-refractivity contribution in [2.24, 2.45) is 5.92 Å². The van der Waals surface area contributed by atoms with Crippen LogP contribution in [0.25, 0.3) is 0 Å². The summed E-state index contributed by atoms with van der Waals surface area (Å²) in [7, 11) is -1.69. The lowest BCUT2D eigenvalue weighted by Gasteiger charge is -2.43. The molecule has 1 heterocycles. The quantitative estimate of drug-likeness (QED) is 0.216. The Kier molecular flexibility index (Phi) is 7.44. The second kappa shape index (κ2) is 10.2. The molecule has 10 heteroatoms. The first kappa shape index (κ1) is 24.9. The number of aliphatic carboxylic acids is 1. The molecule has 2 aliphatic rings. The van der Waals surface area contributed by atoms with Gasteiger partial charge in [0, 0.05) is 31.4 Å². The highest BCUT2D eigenvalue weighted by molar-refractivity contribution is 8.22. The molecule has 0 aromatic heterocycles. The number of anilines is 2. The van der Waals surface area contributed by atoms with Crippen molar-refractivity contribution in [1.29, 1.82) is 0 Å². The lowest BCUT2D eigenvalue weighted by molar-refractivity contribution is -0.134. The fourth-order valence-electron chi connectivity index (χ4n) is 4.13. The minimum absolute atomic E-state index is 0.107. The van der Waals surface area contributed by atoms with E-state index in [2.05, 4.69) is 4.90 Å². The summed E-state index contributed by atoms with van der Waals surface area (Å²) >= 11 is 1.34. The van der Waals surface area contributed by atoms with Crippen molar-refractivity contribution in [3.05, 3.63) is 54.6 Å². The van der Waals surface area contributed by atoms with Crippen LogP contribution in [-0.2, 0) is 4.79 Å². The second-order valence-electron chi connectivity index (χ2n) is 8.55. The van der Waals surface area contributed by atoms with Crippen molar-refractivity contribution in [3.63, 3.8) is 0 Å². The van der Waals surface area contributed by atoms with E-state index in [1.807, 2.05) is 36.6 Å². The van der Waals surface area contributed by atoms with Crippen LogP contribution in [0.3, 0.4) is 0 Å². The Labute approximate surface area is 204 Å². The van der Waals surface area contributed by atoms with Crippen molar-refractivity contribution in [2.45, 2.75) is 41.5 Å². The van der Waals surface area contributed by atoms with Crippen molar-refractivity contribution in [2.75, 3.05) is 24.7 Å². The van der Waals surface area contributed by atoms with Crippen molar-refractivity contribution < 1.29 is 28.1 Å². The summed E-state index contributed by atoms with van der Waals surface area (Å²) in [6.07, 6.45) is 6.66. The molecule has 1 aliphatic carbocycles. The maximum atomic E-state index is 13.6. The lowest BCUT2D eigenvalue weighted by Crippen LogP contribution is -2.39. The van der Waals surface area contributed by atoms with Crippen LogP contribution in [0.5, 0.6) is 5.75 Å². The fourth-order valence-corrected chi connectivity index (χ4v) is 6.28. The first-order valence-electron chi connectivity index (χ1n) is 11.0. The van der Waals surface area contributed by atoms with E-state index in [1.54, 1.807) is 17.4 Å². The molecule has 0 spiro atoms. The number of carboxylic acids is 1. The number of hydrogen-bond donors (Lipinski definition) is 3. The summed E-state index contributed by atoms with van der Waals surface area (Å²) in [4.78, 5) is 13.8. The van der Waals surface area contributed by atoms with Crippen LogP contribution in [0.15, 0.2) is 64.3 Å². The zero-order chi connectivity index (χ0) is 24.5. The predicted molar refractivity (Wildman–Crippen MR) is 134 cm³/mol. The van der Waals surface area contributed by atoms with Gasteiger partial charge in [0.05, 0.1) is 10.6 Å². The van der Waals surface area contributed by atoms with Crippen LogP contribution < -0.4 is 9.64 Å². The molecule has 0 radical (unpaired) electrons. The van der Waals surface area contributed by atoms with Gasteiger partial charge in [0.25, 0.3) is 0 Å². The highest BCUT2D eigenvalue weighted by Crippen LogP contribution is 2.60. The van der Waals surface area contributed by atoms with E-state index in [9.17, 15) is 18.3 Å². The van der Waals surface area contributed by atoms with Gasteiger partial charge in [0.1, 0.15) is 16.9 Å². The number of para-hydroxylation sites is 1. The number of fused-ring (bicyclic) bond motifs is 1. The number of ether oxygens (including phenoxy) is 1. The maximum absolute atomic E-state index is 13.6. The number of likely N-dealkylation sites (N-methyl/N-ethyl adjacent to an activating group) is 1. The number of thioether (sulfide) groups is 1. The van der Waals surface area contributed by atoms with E-state index < -0.39 is 22.6 Å². The lowest BCUT2D eigenvalue weighted by atomic mass is 10.1. The molecule has 1 fully saturated rings. The molecule has 1 atom stereocenters. The van der Waals surface area contributed by atoms with Crippen LogP contribution in [0.1, 0.15) is 25.7 Å². The molecule has 1 unspecified atom stereocenters. The zero-order valence-corrected chi connectivity index (χ0v) is 20.7. The number of rotatable bonds is 8. The van der Waals surface area contributed by atoms with E-state index in [1.165, 1.54) is 30.7 Å². The van der Waals surface area contributed by atoms with E-state index >= 15 is 0 Å². The molecule has 0 amide bonds. The van der Waals surface area contributed by atoms with E-state index in [0.29, 0.717) is 29.3 Å². The molecular weight excluding hydrogens is 479 g/mol. The van der Waals surface area contributed by atoms with Gasteiger partial charge < -0.3 is 14.7 Å². The smallest absolute Gasteiger partial charge is 0.368 e. The molecule has 4 rings (SSSR count). The second-order valence-corrected chi connectivity index (χ2v) is 11.4. The minimum Gasteiger partial charge on any atom is -0.476 e. The van der Waals surface area contributed by atoms with E-state index in [-0.39, 0.29) is 16.7 Å². The standard InChI is InChI=1S/C24H29FN2O5S2/c1-26-18(11-10-16-8-9-16)14-27(17-6-4-3-5-7-17)20-12-22(33-2)21(13-23(20)34(26,30)31)32-15-19(25)24(28)29/h3-7,12-13,15-16,18,30-31H,8-11,14H2,1-2H3,(H,28,29)/b19-15-. The van der Waals surface area contributed by atoms with Crippen LogP contribution in [0, 0.1) is 5.92 Å². The molecule has 184 valence electrons. The third-order valence-electron chi connectivity index (χ3n) is 6.31. The van der Waals surface area contributed by atoms with Gasteiger partial charge in [-0.05, 0) is 43.2 Å². The number of halogens is 1. The zero-order valence-electron chi connectivity index (χ0n) is 19.1. The summed E-state index contributed by atoms with van der Waals surface area (Å²) in [5.41, 5.74) is 1.55. The van der Waals surface area contributed by atoms with Crippen molar-refractivity contribution >= 4 is 39.9 Å². The fraction of sp³-hybridized carbons (Fsp3) is 0.375. The van der Waals surface area contributed by atoms with Crippen LogP contribution in [0.4, 0.5) is 15.8 Å². The van der Waals surface area contributed by atoms with Gasteiger partial charge in [-0.3, -0.25) is 9.11 Å². The molecule has 0 bridgehead atoms. The monoisotopic (exact) mass is 508 g/mol. The van der Waals surface area contributed by atoms with Gasteiger partial charge in [0.2, 0.25) is 5.83 Å². The Bertz CT molecular complexity index is 1080. The average Bonchev–Trinajstić information content (AvgIpc) is 3.67. The van der Waals surface area contributed by atoms with Crippen LogP contribution in [-0.4, -0.2) is 50.4 Å². The normalized spacial score (nSPS) is 21.5. The molecule has 0 saturated heterocycles. The first-order chi connectivity index (χ1) is 16.2. The molecule has 2 aromatic carbocycles. The Balaban J connectivity index is 1.82. The summed E-state index contributed by atoms with van der Waals surface area (Å²) in [5.74, 6) is -2.32. The number of carbonyl (C=O) groups is 1. The largest absolute Gasteiger partial charge is 0.476 e. The highest BCUT2D eigenvalue weighted by Gasteiger charge is 2.38. The average molecular weight is 509 g/mol. The SMILES string of the molecule is CSc1cc2c(cc1O/C=C(\F)C(=O)O)S(O)(O)N(C)C(CCC1CC1)CN2c1ccccc1. The van der Waals surface area contributed by atoms with E-state index in [0.717, 1.165) is 18.5 Å². The number of hydrogen-bond acceptors (Lipinski definition) is 7. The summed E-state index contributed by atoms with van der Waals surface area (Å²) < 4.78 is 43.5. The molecule has 7 nitrogen and oxygen atoms in total. The maximum Gasteiger partial charge on any atom is 0.368 e. The molecule has 1 saturated carbocycles. The van der Waals surface area contributed by atoms with E-state index in [4.69, 9.17) is 9.84 Å². The number of benzene rings is 2. The molecule has 3 N–H and O–H groups in total. The van der Waals surface area contributed by atoms with Gasteiger partial charge in [0.15, 0.2) is 0 Å². The molecule has 2 aromatic rings. The number of carboxylic acid groups (broad SMARTS) is 1. The topological polar surface area (TPSA) is 93.5 Å². The summed E-state index contributed by atoms with van der Waals surface area (Å²) in [6.45, 7) is 0.567. The highest BCUT2D eigenvalue weighted by atomic mass is 32.3. The predicted octanol–water partition coefficient (Wildman–Crippen LogP) is 6.35. The van der Waals surface area contributed by atoms with Crippen molar-refractivity contribution in [1.82, 2.24) is 4.31 Å². The molecule has 1 aliphatic heterocycles. The third-order valence-corrected chi connectivity index (χ3v) is 9.08. The van der Waals surface area contributed by atoms with Crippen LogP contribution >= 0.6 is 22.5 Å². The Morgan fingerprint density at radius 2 is 1.94 bits per heavy atom. The third kappa shape index (κ3) is 5.21. The van der Waals surface area contributed by atoms with Crippen LogP contribution in [0.2, 0.25) is 0 Å². The summed E-state index contributed by atoms with van der Waals surface area (Å²) in [6, 6.07) is 12.9. The van der Waals surface area contributed by atoms with Gasteiger partial charge in [-0.2, -0.15) is 4.39 Å². The minimum atomic E-state index is -3.41.